The third kappa shape index (κ3) is 6.21. The second-order valence-electron chi connectivity index (χ2n) is 5.29. The number of imide groups is 1. The van der Waals surface area contributed by atoms with Crippen molar-refractivity contribution in [1.82, 2.24) is 10.6 Å². The molecule has 1 aromatic carbocycles. The summed E-state index contributed by atoms with van der Waals surface area (Å²) >= 11 is 1.67. The molecule has 4 nitrogen and oxygen atoms in total. The first-order chi connectivity index (χ1) is 10.2. The van der Waals surface area contributed by atoms with Crippen LogP contribution in [-0.2, 0) is 11.3 Å². The number of benzene rings is 1. The third-order valence-electron chi connectivity index (χ3n) is 3.55. The summed E-state index contributed by atoms with van der Waals surface area (Å²) in [5.74, 6) is 0.153. The van der Waals surface area contributed by atoms with Crippen molar-refractivity contribution in [3.8, 4) is 0 Å². The Balaban J connectivity index is 1.61. The molecule has 0 heterocycles. The quantitative estimate of drug-likeness (QED) is 0.879. The maximum Gasteiger partial charge on any atom is 0.321 e. The van der Waals surface area contributed by atoms with E-state index in [2.05, 4.69) is 10.6 Å². The predicted octanol–water partition coefficient (Wildman–Crippen LogP) is 3.08. The van der Waals surface area contributed by atoms with E-state index < -0.39 is 6.03 Å². The molecular weight excluding hydrogens is 284 g/mol. The average molecular weight is 306 g/mol. The van der Waals surface area contributed by atoms with E-state index in [9.17, 15) is 9.59 Å². The molecule has 3 amide bonds. The normalized spacial score (nSPS) is 15.4. The average Bonchev–Trinajstić information content (AvgIpc) is 2.53. The van der Waals surface area contributed by atoms with Gasteiger partial charge < -0.3 is 5.32 Å². The highest BCUT2D eigenvalue weighted by atomic mass is 32.2. The van der Waals surface area contributed by atoms with Crippen molar-refractivity contribution in [1.29, 1.82) is 0 Å². The molecule has 114 valence electrons. The SMILES string of the molecule is O=C(CSC1CCCCC1)NC(=O)NCc1ccccc1. The van der Waals surface area contributed by atoms with Gasteiger partial charge in [-0.25, -0.2) is 4.79 Å². The van der Waals surface area contributed by atoms with Crippen molar-refractivity contribution in [2.75, 3.05) is 5.75 Å². The van der Waals surface area contributed by atoms with Gasteiger partial charge in [0.15, 0.2) is 0 Å². The lowest BCUT2D eigenvalue weighted by Crippen LogP contribution is -2.40. The second-order valence-corrected chi connectivity index (χ2v) is 6.58. The molecule has 1 saturated carbocycles. The van der Waals surface area contributed by atoms with Crippen LogP contribution in [0.5, 0.6) is 0 Å². The molecule has 0 saturated heterocycles. The van der Waals surface area contributed by atoms with Crippen LogP contribution < -0.4 is 10.6 Å². The van der Waals surface area contributed by atoms with Crippen molar-refractivity contribution < 1.29 is 9.59 Å². The first-order valence-electron chi connectivity index (χ1n) is 7.47. The summed E-state index contributed by atoms with van der Waals surface area (Å²) in [6, 6.07) is 9.20. The summed E-state index contributed by atoms with van der Waals surface area (Å²) in [6.07, 6.45) is 6.22. The van der Waals surface area contributed by atoms with Crippen molar-refractivity contribution >= 4 is 23.7 Å². The highest BCUT2D eigenvalue weighted by Crippen LogP contribution is 2.27. The van der Waals surface area contributed by atoms with Crippen LogP contribution in [0.4, 0.5) is 4.79 Å². The zero-order valence-corrected chi connectivity index (χ0v) is 13.0. The number of amides is 3. The monoisotopic (exact) mass is 306 g/mol. The van der Waals surface area contributed by atoms with Crippen molar-refractivity contribution in [3.63, 3.8) is 0 Å². The first-order valence-corrected chi connectivity index (χ1v) is 8.52. The van der Waals surface area contributed by atoms with E-state index in [0.29, 0.717) is 17.5 Å². The third-order valence-corrected chi connectivity index (χ3v) is 4.92. The van der Waals surface area contributed by atoms with E-state index in [-0.39, 0.29) is 5.91 Å². The first kappa shape index (κ1) is 15.9. The van der Waals surface area contributed by atoms with Crippen LogP contribution in [-0.4, -0.2) is 22.9 Å². The van der Waals surface area contributed by atoms with Gasteiger partial charge in [-0.2, -0.15) is 0 Å². The topological polar surface area (TPSA) is 58.2 Å². The summed E-state index contributed by atoms with van der Waals surface area (Å²) in [7, 11) is 0. The molecule has 0 aromatic heterocycles. The zero-order valence-electron chi connectivity index (χ0n) is 12.1. The molecule has 21 heavy (non-hydrogen) atoms. The number of hydrogen-bond acceptors (Lipinski definition) is 3. The fourth-order valence-corrected chi connectivity index (χ4v) is 3.54. The summed E-state index contributed by atoms with van der Waals surface area (Å²) in [6.45, 7) is 0.426. The standard InChI is InChI=1S/C16H22N2O2S/c19-15(12-21-14-9-5-2-6-10-14)18-16(20)17-11-13-7-3-1-4-8-13/h1,3-4,7-8,14H,2,5-6,9-12H2,(H2,17,18,19,20). The van der Waals surface area contributed by atoms with E-state index in [1.165, 1.54) is 32.1 Å². The van der Waals surface area contributed by atoms with Gasteiger partial charge in [-0.15, -0.1) is 11.8 Å². The van der Waals surface area contributed by atoms with E-state index in [0.717, 1.165) is 5.56 Å². The Morgan fingerprint density at radius 3 is 2.52 bits per heavy atom. The Hall–Kier alpha value is -1.49. The molecule has 1 fully saturated rings. The number of urea groups is 1. The smallest absolute Gasteiger partial charge is 0.321 e. The summed E-state index contributed by atoms with van der Waals surface area (Å²) in [5, 5.41) is 5.65. The highest BCUT2D eigenvalue weighted by molar-refractivity contribution is 8.00. The number of hydrogen-bond donors (Lipinski definition) is 2. The molecular formula is C16H22N2O2S. The molecule has 2 rings (SSSR count). The Bertz CT molecular complexity index is 459. The minimum absolute atomic E-state index is 0.212. The van der Waals surface area contributed by atoms with Crippen LogP contribution in [0.25, 0.3) is 0 Å². The van der Waals surface area contributed by atoms with Gasteiger partial charge in [0.2, 0.25) is 5.91 Å². The van der Waals surface area contributed by atoms with E-state index in [4.69, 9.17) is 0 Å². The Morgan fingerprint density at radius 2 is 1.81 bits per heavy atom. The molecule has 0 spiro atoms. The molecule has 2 N–H and O–H groups in total. The number of rotatable bonds is 5. The summed E-state index contributed by atoms with van der Waals surface area (Å²) < 4.78 is 0. The predicted molar refractivity (Wildman–Crippen MR) is 86.2 cm³/mol. The van der Waals surface area contributed by atoms with Gasteiger partial charge in [-0.05, 0) is 18.4 Å². The van der Waals surface area contributed by atoms with Gasteiger partial charge in [-0.1, -0.05) is 49.6 Å². The van der Waals surface area contributed by atoms with Crippen LogP contribution >= 0.6 is 11.8 Å². The molecule has 1 aliphatic carbocycles. The molecule has 1 aliphatic rings. The van der Waals surface area contributed by atoms with E-state index in [1.54, 1.807) is 11.8 Å². The minimum atomic E-state index is -0.423. The summed E-state index contributed by atoms with van der Waals surface area (Å²) in [4.78, 5) is 23.3. The molecule has 1 aromatic rings. The lowest BCUT2D eigenvalue weighted by molar-refractivity contribution is -0.117. The maximum atomic E-state index is 11.7. The molecule has 0 radical (unpaired) electrons. The summed E-state index contributed by atoms with van der Waals surface area (Å²) in [5.41, 5.74) is 1.01. The Labute approximate surface area is 130 Å². The zero-order chi connectivity index (χ0) is 14.9. The Morgan fingerprint density at radius 1 is 1.10 bits per heavy atom. The van der Waals surface area contributed by atoms with Crippen LogP contribution in [0.3, 0.4) is 0 Å². The van der Waals surface area contributed by atoms with Gasteiger partial charge in [0, 0.05) is 11.8 Å². The fourth-order valence-electron chi connectivity index (χ4n) is 2.41. The van der Waals surface area contributed by atoms with Crippen LogP contribution in [0.1, 0.15) is 37.7 Å². The minimum Gasteiger partial charge on any atom is -0.334 e. The molecule has 0 aliphatic heterocycles. The number of carbonyl (C=O) groups is 2. The van der Waals surface area contributed by atoms with Gasteiger partial charge in [0.25, 0.3) is 0 Å². The second kappa shape index (κ2) is 8.72. The van der Waals surface area contributed by atoms with Crippen LogP contribution in [0, 0.1) is 0 Å². The molecule has 0 atom stereocenters. The van der Waals surface area contributed by atoms with Crippen molar-refractivity contribution in [3.05, 3.63) is 35.9 Å². The van der Waals surface area contributed by atoms with Crippen LogP contribution in [0.2, 0.25) is 0 Å². The molecule has 0 bridgehead atoms. The van der Waals surface area contributed by atoms with Gasteiger partial charge >= 0.3 is 6.03 Å². The fraction of sp³-hybridized carbons (Fsp3) is 0.500. The van der Waals surface area contributed by atoms with E-state index in [1.807, 2.05) is 30.3 Å². The number of carbonyl (C=O) groups excluding carboxylic acids is 2. The van der Waals surface area contributed by atoms with Gasteiger partial charge in [0.05, 0.1) is 5.75 Å². The van der Waals surface area contributed by atoms with Crippen LogP contribution in [0.15, 0.2) is 30.3 Å². The highest BCUT2D eigenvalue weighted by Gasteiger charge is 2.16. The lowest BCUT2D eigenvalue weighted by Gasteiger charge is -2.20. The molecule has 5 heteroatoms. The largest absolute Gasteiger partial charge is 0.334 e. The van der Waals surface area contributed by atoms with E-state index >= 15 is 0 Å². The van der Waals surface area contributed by atoms with Gasteiger partial charge in [-0.3, -0.25) is 10.1 Å². The van der Waals surface area contributed by atoms with Gasteiger partial charge in [0.1, 0.15) is 0 Å². The van der Waals surface area contributed by atoms with Crippen molar-refractivity contribution in [2.45, 2.75) is 43.9 Å². The lowest BCUT2D eigenvalue weighted by atomic mass is 10.0. The number of nitrogens with one attached hydrogen (secondary N) is 2. The van der Waals surface area contributed by atoms with Crippen molar-refractivity contribution in [2.24, 2.45) is 0 Å². The Kier molecular flexibility index (Phi) is 6.60. The number of thioether (sulfide) groups is 1. The molecule has 0 unspecified atom stereocenters. The maximum absolute atomic E-state index is 11.7.